The van der Waals surface area contributed by atoms with Gasteiger partial charge in [-0.2, -0.15) is 0 Å². The number of rotatable bonds is 3. The third-order valence-electron chi connectivity index (χ3n) is 5.69. The highest BCUT2D eigenvalue weighted by Gasteiger charge is 2.61. The van der Waals surface area contributed by atoms with Gasteiger partial charge in [0.25, 0.3) is 0 Å². The fourth-order valence-corrected chi connectivity index (χ4v) is 6.25. The summed E-state index contributed by atoms with van der Waals surface area (Å²) in [5.41, 5.74) is 1.06. The summed E-state index contributed by atoms with van der Waals surface area (Å²) in [6, 6.07) is 0. The van der Waals surface area contributed by atoms with E-state index in [1.54, 1.807) is 0 Å². The highest BCUT2D eigenvalue weighted by Crippen LogP contribution is 2.69. The smallest absolute Gasteiger partial charge is 0.139 e. The zero-order chi connectivity index (χ0) is 12.3. The first-order chi connectivity index (χ1) is 7.89. The second-order valence-electron chi connectivity index (χ2n) is 8.08. The largest absolute Gasteiger partial charge is 0.299 e. The van der Waals surface area contributed by atoms with Gasteiger partial charge in [-0.3, -0.25) is 4.79 Å². The maximum absolute atomic E-state index is 12.6. The Balaban J connectivity index is 1.94. The molecule has 4 aliphatic carbocycles. The molecule has 0 heterocycles. The third-order valence-corrected chi connectivity index (χ3v) is 5.69. The van der Waals surface area contributed by atoms with Crippen molar-refractivity contribution < 1.29 is 4.79 Å². The number of hydrogen-bond acceptors (Lipinski definition) is 1. The van der Waals surface area contributed by atoms with E-state index < -0.39 is 0 Å². The molecule has 0 radical (unpaired) electrons. The molecular formula is C16H26O. The maximum atomic E-state index is 12.6. The van der Waals surface area contributed by atoms with E-state index in [1.807, 2.05) is 0 Å². The van der Waals surface area contributed by atoms with Crippen LogP contribution in [0.2, 0.25) is 0 Å². The van der Waals surface area contributed by atoms with Crippen molar-refractivity contribution in [1.29, 1.82) is 0 Å². The molecule has 0 aromatic heterocycles. The van der Waals surface area contributed by atoms with Crippen molar-refractivity contribution in [3.05, 3.63) is 0 Å². The summed E-state index contributed by atoms with van der Waals surface area (Å²) >= 11 is 0. The van der Waals surface area contributed by atoms with Gasteiger partial charge in [0.15, 0.2) is 0 Å². The Labute approximate surface area is 105 Å². The Hall–Kier alpha value is -0.330. The van der Waals surface area contributed by atoms with E-state index in [2.05, 4.69) is 20.8 Å². The van der Waals surface area contributed by atoms with Crippen LogP contribution in [0, 0.1) is 22.2 Å². The molecule has 1 nitrogen and oxygen atoms in total. The molecule has 2 unspecified atom stereocenters. The molecule has 96 valence electrons. The summed E-state index contributed by atoms with van der Waals surface area (Å²) in [4.78, 5) is 12.6. The van der Waals surface area contributed by atoms with Crippen LogP contribution >= 0.6 is 0 Å². The summed E-state index contributed by atoms with van der Waals surface area (Å²) in [6.45, 7) is 7.04. The number of carbonyl (C=O) groups is 1. The Kier molecular flexibility index (Phi) is 2.32. The predicted octanol–water partition coefficient (Wildman–Crippen LogP) is 4.35. The molecule has 0 aliphatic heterocycles. The van der Waals surface area contributed by atoms with Gasteiger partial charge in [0, 0.05) is 11.8 Å². The summed E-state index contributed by atoms with van der Waals surface area (Å²) in [7, 11) is 0. The van der Waals surface area contributed by atoms with Crippen LogP contribution in [0.25, 0.3) is 0 Å². The first kappa shape index (κ1) is 11.7. The molecule has 0 aromatic carbocycles. The average Bonchev–Trinajstić information content (AvgIpc) is 2.11. The molecule has 0 saturated heterocycles. The van der Waals surface area contributed by atoms with E-state index in [4.69, 9.17) is 0 Å². The standard InChI is InChI=1S/C16H26O/c1-4-5-13(17)16-8-12-6-14(2,10-16)9-15(3,7-12)11-16/h12H,4-11H2,1-3H3. The van der Waals surface area contributed by atoms with E-state index in [0.717, 1.165) is 18.8 Å². The van der Waals surface area contributed by atoms with Crippen LogP contribution in [-0.4, -0.2) is 5.78 Å². The third kappa shape index (κ3) is 1.69. The van der Waals surface area contributed by atoms with Gasteiger partial charge in [-0.15, -0.1) is 0 Å². The second kappa shape index (κ2) is 3.36. The molecule has 17 heavy (non-hydrogen) atoms. The van der Waals surface area contributed by atoms with Crippen molar-refractivity contribution in [2.75, 3.05) is 0 Å². The maximum Gasteiger partial charge on any atom is 0.139 e. The quantitative estimate of drug-likeness (QED) is 0.709. The van der Waals surface area contributed by atoms with Crippen molar-refractivity contribution in [2.45, 2.75) is 72.1 Å². The van der Waals surface area contributed by atoms with Crippen molar-refractivity contribution >= 4 is 5.78 Å². The molecule has 4 saturated carbocycles. The first-order valence-electron chi connectivity index (χ1n) is 7.42. The van der Waals surface area contributed by atoms with E-state index in [9.17, 15) is 4.79 Å². The minimum Gasteiger partial charge on any atom is -0.299 e. The lowest BCUT2D eigenvalue weighted by Gasteiger charge is -2.64. The molecule has 2 atom stereocenters. The lowest BCUT2D eigenvalue weighted by atomic mass is 9.39. The summed E-state index contributed by atoms with van der Waals surface area (Å²) in [5.74, 6) is 1.45. The van der Waals surface area contributed by atoms with Crippen LogP contribution in [-0.2, 0) is 4.79 Å². The summed E-state index contributed by atoms with van der Waals surface area (Å²) < 4.78 is 0. The van der Waals surface area contributed by atoms with E-state index >= 15 is 0 Å². The van der Waals surface area contributed by atoms with Crippen molar-refractivity contribution in [3.8, 4) is 0 Å². The van der Waals surface area contributed by atoms with Gasteiger partial charge in [0.1, 0.15) is 5.78 Å². The summed E-state index contributed by atoms with van der Waals surface area (Å²) in [6.07, 6.45) is 9.62. The van der Waals surface area contributed by atoms with Gasteiger partial charge in [0.05, 0.1) is 0 Å². The number of hydrogen-bond donors (Lipinski definition) is 0. The van der Waals surface area contributed by atoms with Gasteiger partial charge >= 0.3 is 0 Å². The van der Waals surface area contributed by atoms with Crippen LogP contribution in [0.5, 0.6) is 0 Å². The number of ketones is 1. The molecule has 1 heteroatoms. The topological polar surface area (TPSA) is 17.1 Å². The molecule has 4 bridgehead atoms. The molecule has 0 aromatic rings. The fraction of sp³-hybridized carbons (Fsp3) is 0.938. The number of Topliss-reactive ketones (excluding diaryl/α,β-unsaturated/α-hetero) is 1. The van der Waals surface area contributed by atoms with Crippen LogP contribution < -0.4 is 0 Å². The average molecular weight is 234 g/mol. The van der Waals surface area contributed by atoms with Gasteiger partial charge in [0.2, 0.25) is 0 Å². The Morgan fingerprint density at radius 1 is 1.06 bits per heavy atom. The molecule has 4 fully saturated rings. The molecule has 0 spiro atoms. The molecule has 0 amide bonds. The monoisotopic (exact) mass is 234 g/mol. The highest BCUT2D eigenvalue weighted by atomic mass is 16.1. The van der Waals surface area contributed by atoms with Gasteiger partial charge < -0.3 is 0 Å². The van der Waals surface area contributed by atoms with Crippen LogP contribution in [0.1, 0.15) is 72.1 Å². The zero-order valence-corrected chi connectivity index (χ0v) is 11.6. The van der Waals surface area contributed by atoms with Crippen molar-refractivity contribution in [2.24, 2.45) is 22.2 Å². The minimum atomic E-state index is 0.0962. The van der Waals surface area contributed by atoms with Crippen LogP contribution in [0.15, 0.2) is 0 Å². The second-order valence-corrected chi connectivity index (χ2v) is 8.08. The van der Waals surface area contributed by atoms with Gasteiger partial charge in [-0.05, 0) is 61.7 Å². The summed E-state index contributed by atoms with van der Waals surface area (Å²) in [5, 5.41) is 0. The highest BCUT2D eigenvalue weighted by molar-refractivity contribution is 5.85. The Morgan fingerprint density at radius 2 is 1.65 bits per heavy atom. The van der Waals surface area contributed by atoms with Gasteiger partial charge in [-0.1, -0.05) is 20.8 Å². The lowest BCUT2D eigenvalue weighted by molar-refractivity contribution is -0.168. The lowest BCUT2D eigenvalue weighted by Crippen LogP contribution is -2.57. The predicted molar refractivity (Wildman–Crippen MR) is 69.8 cm³/mol. The van der Waals surface area contributed by atoms with E-state index in [0.29, 0.717) is 16.6 Å². The normalized spacial score (nSPS) is 51.8. The SMILES string of the molecule is CCCC(=O)C12CC3CC(C)(CC(C)(C3)C1)C2. The molecule has 4 aliphatic rings. The first-order valence-corrected chi connectivity index (χ1v) is 7.42. The van der Waals surface area contributed by atoms with Crippen LogP contribution in [0.3, 0.4) is 0 Å². The fourth-order valence-electron chi connectivity index (χ4n) is 6.25. The Morgan fingerprint density at radius 3 is 2.12 bits per heavy atom. The molecule has 4 rings (SSSR count). The zero-order valence-electron chi connectivity index (χ0n) is 11.6. The number of carbonyl (C=O) groups excluding carboxylic acids is 1. The molecule has 0 N–H and O–H groups in total. The van der Waals surface area contributed by atoms with Crippen molar-refractivity contribution in [3.63, 3.8) is 0 Å². The van der Waals surface area contributed by atoms with Crippen LogP contribution in [0.4, 0.5) is 0 Å². The molecular weight excluding hydrogens is 208 g/mol. The van der Waals surface area contributed by atoms with Gasteiger partial charge in [-0.25, -0.2) is 0 Å². The van der Waals surface area contributed by atoms with E-state index in [-0.39, 0.29) is 5.41 Å². The Bertz CT molecular complexity index is 339. The van der Waals surface area contributed by atoms with E-state index in [1.165, 1.54) is 38.5 Å². The minimum absolute atomic E-state index is 0.0962. The van der Waals surface area contributed by atoms with Crippen molar-refractivity contribution in [1.82, 2.24) is 0 Å².